The Morgan fingerprint density at radius 2 is 1.80 bits per heavy atom. The van der Waals surface area contributed by atoms with Gasteiger partial charge in [-0.15, -0.1) is 13.2 Å². The smallest absolute Gasteiger partial charge is 0.249 e. The molecule has 0 aliphatic carbocycles. The van der Waals surface area contributed by atoms with Gasteiger partial charge in [0.2, 0.25) is 17.7 Å². The first kappa shape index (κ1) is 32.8. The Morgan fingerprint density at radius 3 is 2.30 bits per heavy atom. The van der Waals surface area contributed by atoms with Crippen LogP contribution in [0.5, 0.6) is 0 Å². The summed E-state index contributed by atoms with van der Waals surface area (Å²) in [6, 6.07) is -1.52. The van der Waals surface area contributed by atoms with E-state index in [1.165, 1.54) is 0 Å². The SMILES string of the molecule is C=CCN(CCC)C(=O)[C@H]1[C@@H]2OC3(CC2Br)C(C(=O)N(CC=C)C(C)(C)CC(C)(C)C)N([C@@H](CC)CO)C(=O)[C@H]13. The van der Waals surface area contributed by atoms with E-state index in [1.807, 2.05) is 32.6 Å². The Morgan fingerprint density at radius 1 is 1.18 bits per heavy atom. The highest BCUT2D eigenvalue weighted by Crippen LogP contribution is 2.61. The van der Waals surface area contributed by atoms with Crippen molar-refractivity contribution >= 4 is 33.7 Å². The topological polar surface area (TPSA) is 90.4 Å². The van der Waals surface area contributed by atoms with Gasteiger partial charge < -0.3 is 24.5 Å². The number of carbonyl (C=O) groups excluding carboxylic acids is 3. The molecule has 3 heterocycles. The highest BCUT2D eigenvalue weighted by Gasteiger charge is 2.77. The van der Waals surface area contributed by atoms with Crippen molar-refractivity contribution in [1.82, 2.24) is 14.7 Å². The molecule has 3 amide bonds. The zero-order valence-electron chi connectivity index (χ0n) is 25.5. The van der Waals surface area contributed by atoms with Gasteiger partial charge in [-0.05, 0) is 44.9 Å². The van der Waals surface area contributed by atoms with Crippen molar-refractivity contribution in [2.45, 2.75) is 108 Å². The number of aliphatic hydroxyl groups is 1. The molecule has 7 atom stereocenters. The molecular weight excluding hydrogens is 574 g/mol. The van der Waals surface area contributed by atoms with Crippen molar-refractivity contribution in [2.75, 3.05) is 26.2 Å². The van der Waals surface area contributed by atoms with E-state index in [9.17, 15) is 19.5 Å². The van der Waals surface area contributed by atoms with Crippen molar-refractivity contribution in [1.29, 1.82) is 0 Å². The van der Waals surface area contributed by atoms with E-state index in [0.717, 1.165) is 12.8 Å². The van der Waals surface area contributed by atoms with Crippen LogP contribution in [0.15, 0.2) is 25.3 Å². The lowest BCUT2D eigenvalue weighted by Gasteiger charge is -2.46. The van der Waals surface area contributed by atoms with Crippen molar-refractivity contribution in [3.8, 4) is 0 Å². The Hall–Kier alpha value is -1.71. The lowest BCUT2D eigenvalue weighted by Crippen LogP contribution is -2.62. The second-order valence-electron chi connectivity index (χ2n) is 13.5. The van der Waals surface area contributed by atoms with Crippen LogP contribution >= 0.6 is 15.9 Å². The van der Waals surface area contributed by atoms with E-state index in [-0.39, 0.29) is 34.6 Å². The summed E-state index contributed by atoms with van der Waals surface area (Å²) in [5, 5.41) is 10.4. The van der Waals surface area contributed by atoms with Crippen LogP contribution in [-0.2, 0) is 19.1 Å². The van der Waals surface area contributed by atoms with Gasteiger partial charge in [0.1, 0.15) is 11.6 Å². The molecule has 0 saturated carbocycles. The molecule has 0 aromatic carbocycles. The molecule has 3 aliphatic heterocycles. The van der Waals surface area contributed by atoms with Crippen molar-refractivity contribution in [3.63, 3.8) is 0 Å². The molecule has 0 aromatic rings. The van der Waals surface area contributed by atoms with Crippen LogP contribution in [0.4, 0.5) is 0 Å². The van der Waals surface area contributed by atoms with Crippen LogP contribution < -0.4 is 0 Å². The van der Waals surface area contributed by atoms with Gasteiger partial charge in [0.05, 0.1) is 30.6 Å². The molecule has 2 bridgehead atoms. The van der Waals surface area contributed by atoms with E-state index < -0.39 is 41.2 Å². The first-order valence-electron chi connectivity index (χ1n) is 14.7. The minimum Gasteiger partial charge on any atom is -0.394 e. The van der Waals surface area contributed by atoms with Crippen molar-refractivity contribution < 1.29 is 24.2 Å². The van der Waals surface area contributed by atoms with Gasteiger partial charge in [0.15, 0.2) is 0 Å². The number of ether oxygens (including phenoxy) is 1. The molecule has 3 unspecified atom stereocenters. The highest BCUT2D eigenvalue weighted by atomic mass is 79.9. The first-order chi connectivity index (χ1) is 18.6. The predicted molar refractivity (Wildman–Crippen MR) is 161 cm³/mol. The fraction of sp³-hybridized carbons (Fsp3) is 0.774. The number of hydrogen-bond donors (Lipinski definition) is 1. The standard InChI is InChI=1S/C31H50BrN3O5/c1-10-14-33(15-11-2)26(37)22-23-27(38)35(20(13-4)18-36)25(31(23)17-21(32)24(22)40-31)28(39)34(16-12-3)30(8,9)19-29(5,6)7/h10,12,20-25,36H,1,3,11,13-19H2,2,4-9H3/t20-,21?,22+,23-,24+,25?,31?/m0/s1. The van der Waals surface area contributed by atoms with Gasteiger partial charge in [-0.3, -0.25) is 14.4 Å². The molecule has 1 N–H and O–H groups in total. The maximum atomic E-state index is 14.8. The molecule has 0 aromatic heterocycles. The van der Waals surface area contributed by atoms with E-state index in [2.05, 4.69) is 49.9 Å². The van der Waals surface area contributed by atoms with Crippen LogP contribution in [0.25, 0.3) is 0 Å². The quantitative estimate of drug-likeness (QED) is 0.246. The zero-order chi connectivity index (χ0) is 30.2. The lowest BCUT2D eigenvalue weighted by atomic mass is 9.70. The van der Waals surface area contributed by atoms with Crippen LogP contribution in [0.2, 0.25) is 0 Å². The van der Waals surface area contributed by atoms with E-state index in [1.54, 1.807) is 22.0 Å². The Labute approximate surface area is 249 Å². The minimum absolute atomic E-state index is 0.0546. The summed E-state index contributed by atoms with van der Waals surface area (Å²) in [6.45, 7) is 23.1. The minimum atomic E-state index is -1.17. The van der Waals surface area contributed by atoms with E-state index >= 15 is 0 Å². The number of halogens is 1. The van der Waals surface area contributed by atoms with Crippen LogP contribution in [-0.4, -0.2) is 97.9 Å². The third-order valence-electron chi connectivity index (χ3n) is 8.75. The summed E-state index contributed by atoms with van der Waals surface area (Å²) in [4.78, 5) is 48.2. The molecule has 226 valence electrons. The van der Waals surface area contributed by atoms with Crippen LogP contribution in [0.3, 0.4) is 0 Å². The molecular formula is C31H50BrN3O5. The number of hydrogen-bond acceptors (Lipinski definition) is 5. The predicted octanol–water partition coefficient (Wildman–Crippen LogP) is 4.16. The van der Waals surface area contributed by atoms with Crippen molar-refractivity contribution in [2.24, 2.45) is 17.3 Å². The number of rotatable bonds is 13. The van der Waals surface area contributed by atoms with E-state index in [4.69, 9.17) is 4.74 Å². The number of aliphatic hydroxyl groups excluding tert-OH is 1. The van der Waals surface area contributed by atoms with Gasteiger partial charge in [-0.2, -0.15) is 0 Å². The van der Waals surface area contributed by atoms with Crippen LogP contribution in [0, 0.1) is 17.3 Å². The lowest BCUT2D eigenvalue weighted by molar-refractivity contribution is -0.156. The molecule has 3 aliphatic rings. The summed E-state index contributed by atoms with van der Waals surface area (Å²) in [6.07, 6.45) is 5.30. The molecule has 9 heteroatoms. The Kier molecular flexibility index (Phi) is 10.1. The average molecular weight is 625 g/mol. The summed E-state index contributed by atoms with van der Waals surface area (Å²) in [5.74, 6) is -2.15. The van der Waals surface area contributed by atoms with E-state index in [0.29, 0.717) is 32.5 Å². The molecule has 3 rings (SSSR count). The number of amides is 3. The number of carbonyl (C=O) groups is 3. The van der Waals surface area contributed by atoms with Crippen molar-refractivity contribution in [3.05, 3.63) is 25.3 Å². The molecule has 8 nitrogen and oxygen atoms in total. The van der Waals surface area contributed by atoms with Gasteiger partial charge in [0, 0.05) is 30.0 Å². The molecule has 40 heavy (non-hydrogen) atoms. The molecule has 3 saturated heterocycles. The molecule has 0 radical (unpaired) electrons. The Balaban J connectivity index is 2.16. The monoisotopic (exact) mass is 623 g/mol. The second kappa shape index (κ2) is 12.3. The summed E-state index contributed by atoms with van der Waals surface area (Å²) in [7, 11) is 0. The van der Waals surface area contributed by atoms with Gasteiger partial charge in [-0.25, -0.2) is 0 Å². The number of alkyl halides is 1. The Bertz CT molecular complexity index is 990. The third-order valence-corrected chi connectivity index (χ3v) is 9.59. The fourth-order valence-electron chi connectivity index (χ4n) is 7.67. The fourth-order valence-corrected chi connectivity index (χ4v) is 8.61. The largest absolute Gasteiger partial charge is 0.394 e. The summed E-state index contributed by atoms with van der Waals surface area (Å²) in [5.41, 5.74) is -1.77. The third kappa shape index (κ3) is 5.67. The van der Waals surface area contributed by atoms with Gasteiger partial charge in [-0.1, -0.05) is 62.7 Å². The van der Waals surface area contributed by atoms with Crippen LogP contribution in [0.1, 0.15) is 74.1 Å². The van der Waals surface area contributed by atoms with Gasteiger partial charge in [0.25, 0.3) is 0 Å². The second-order valence-corrected chi connectivity index (χ2v) is 14.7. The maximum Gasteiger partial charge on any atom is 0.249 e. The number of fused-ring (bicyclic) bond motifs is 1. The first-order valence-corrected chi connectivity index (χ1v) is 15.6. The summed E-state index contributed by atoms with van der Waals surface area (Å²) >= 11 is 3.76. The number of nitrogens with zero attached hydrogens (tertiary/aromatic N) is 3. The molecule has 1 spiro atoms. The normalized spacial score (nSPS) is 30.3. The average Bonchev–Trinajstić information content (AvgIpc) is 3.44. The number of likely N-dealkylation sites (tertiary alicyclic amines) is 1. The van der Waals surface area contributed by atoms with Gasteiger partial charge >= 0.3 is 0 Å². The maximum absolute atomic E-state index is 14.8. The summed E-state index contributed by atoms with van der Waals surface area (Å²) < 4.78 is 6.71. The molecule has 3 fully saturated rings. The highest BCUT2D eigenvalue weighted by molar-refractivity contribution is 9.09. The zero-order valence-corrected chi connectivity index (χ0v) is 27.1.